The molecule has 0 aliphatic carbocycles. The van der Waals surface area contributed by atoms with Crippen molar-refractivity contribution in [3.8, 4) is 5.75 Å². The van der Waals surface area contributed by atoms with Gasteiger partial charge in [0.2, 0.25) is 0 Å². The first kappa shape index (κ1) is 13.6. The molecular formula is C13H19N3O3. The van der Waals surface area contributed by atoms with Crippen LogP contribution >= 0.6 is 0 Å². The average molecular weight is 265 g/mol. The van der Waals surface area contributed by atoms with Crippen molar-refractivity contribution in [2.24, 2.45) is 5.92 Å². The monoisotopic (exact) mass is 265 g/mol. The van der Waals surface area contributed by atoms with Gasteiger partial charge < -0.3 is 15.4 Å². The fraction of sp³-hybridized carbons (Fsp3) is 0.538. The zero-order valence-corrected chi connectivity index (χ0v) is 11.0. The molecule has 19 heavy (non-hydrogen) atoms. The van der Waals surface area contributed by atoms with Crippen LogP contribution in [0.1, 0.15) is 12.8 Å². The van der Waals surface area contributed by atoms with Crippen LogP contribution in [-0.2, 0) is 0 Å². The van der Waals surface area contributed by atoms with Crippen LogP contribution < -0.4 is 15.4 Å². The molecule has 0 radical (unpaired) electrons. The molecule has 1 aliphatic rings. The van der Waals surface area contributed by atoms with E-state index in [0.29, 0.717) is 17.4 Å². The molecule has 0 aromatic heterocycles. The van der Waals surface area contributed by atoms with Crippen molar-refractivity contribution in [3.63, 3.8) is 0 Å². The van der Waals surface area contributed by atoms with Gasteiger partial charge in [0.1, 0.15) is 11.4 Å². The molecule has 0 bridgehead atoms. The highest BCUT2D eigenvalue weighted by Crippen LogP contribution is 2.29. The first-order valence-electron chi connectivity index (χ1n) is 6.47. The minimum atomic E-state index is -0.376. The highest BCUT2D eigenvalue weighted by atomic mass is 16.6. The van der Waals surface area contributed by atoms with E-state index < -0.39 is 0 Å². The Bertz CT molecular complexity index is 445. The maximum Gasteiger partial charge on any atom is 0.292 e. The number of nitrogens with one attached hydrogen (secondary N) is 2. The van der Waals surface area contributed by atoms with Gasteiger partial charge in [0.05, 0.1) is 12.0 Å². The summed E-state index contributed by atoms with van der Waals surface area (Å²) in [5.74, 6) is 1.28. The van der Waals surface area contributed by atoms with Crippen LogP contribution in [0.25, 0.3) is 0 Å². The van der Waals surface area contributed by atoms with Crippen molar-refractivity contribution < 1.29 is 9.66 Å². The molecule has 2 rings (SSSR count). The van der Waals surface area contributed by atoms with E-state index in [1.54, 1.807) is 19.2 Å². The van der Waals surface area contributed by atoms with Gasteiger partial charge in [0, 0.05) is 18.7 Å². The second kappa shape index (κ2) is 6.38. The van der Waals surface area contributed by atoms with Crippen molar-refractivity contribution in [1.29, 1.82) is 0 Å². The molecule has 0 spiro atoms. The molecule has 0 amide bonds. The summed E-state index contributed by atoms with van der Waals surface area (Å²) in [7, 11) is 1.55. The summed E-state index contributed by atoms with van der Waals surface area (Å²) >= 11 is 0. The molecule has 1 unspecified atom stereocenters. The van der Waals surface area contributed by atoms with E-state index in [9.17, 15) is 10.1 Å². The van der Waals surface area contributed by atoms with Crippen molar-refractivity contribution >= 4 is 11.4 Å². The number of benzene rings is 1. The van der Waals surface area contributed by atoms with Gasteiger partial charge in [-0.2, -0.15) is 0 Å². The lowest BCUT2D eigenvalue weighted by Crippen LogP contribution is -2.13. The largest absolute Gasteiger partial charge is 0.497 e. The fourth-order valence-electron chi connectivity index (χ4n) is 2.31. The smallest absolute Gasteiger partial charge is 0.292 e. The zero-order chi connectivity index (χ0) is 13.7. The van der Waals surface area contributed by atoms with E-state index in [2.05, 4.69) is 10.6 Å². The van der Waals surface area contributed by atoms with Gasteiger partial charge in [-0.05, 0) is 37.9 Å². The van der Waals surface area contributed by atoms with Crippen LogP contribution in [0.2, 0.25) is 0 Å². The molecule has 1 aromatic rings. The lowest BCUT2D eigenvalue weighted by atomic mass is 10.1. The van der Waals surface area contributed by atoms with Gasteiger partial charge in [-0.3, -0.25) is 10.1 Å². The van der Waals surface area contributed by atoms with Crippen LogP contribution in [0.5, 0.6) is 5.75 Å². The van der Waals surface area contributed by atoms with E-state index in [1.165, 1.54) is 12.5 Å². The molecule has 2 N–H and O–H groups in total. The fourth-order valence-corrected chi connectivity index (χ4v) is 2.31. The molecule has 6 heteroatoms. The Morgan fingerprint density at radius 3 is 3.05 bits per heavy atom. The van der Waals surface area contributed by atoms with Gasteiger partial charge in [0.25, 0.3) is 5.69 Å². The summed E-state index contributed by atoms with van der Waals surface area (Å²) in [6, 6.07) is 4.74. The van der Waals surface area contributed by atoms with Crippen molar-refractivity contribution in [1.82, 2.24) is 5.32 Å². The average Bonchev–Trinajstić information content (AvgIpc) is 2.91. The molecule has 1 aliphatic heterocycles. The maximum atomic E-state index is 11.0. The SMILES string of the molecule is COc1ccc([N+](=O)[O-])c(NCCC2CCNC2)c1. The molecule has 1 saturated heterocycles. The molecule has 104 valence electrons. The summed E-state index contributed by atoms with van der Waals surface area (Å²) in [5.41, 5.74) is 0.612. The van der Waals surface area contributed by atoms with E-state index >= 15 is 0 Å². The van der Waals surface area contributed by atoms with Crippen molar-refractivity contribution in [3.05, 3.63) is 28.3 Å². The Balaban J connectivity index is 1.98. The first-order chi connectivity index (χ1) is 9.20. The quantitative estimate of drug-likeness (QED) is 0.608. The zero-order valence-electron chi connectivity index (χ0n) is 11.0. The predicted octanol–water partition coefficient (Wildman–Crippen LogP) is 2.01. The van der Waals surface area contributed by atoms with E-state index in [1.807, 2.05) is 0 Å². The summed E-state index contributed by atoms with van der Waals surface area (Å²) < 4.78 is 5.10. The van der Waals surface area contributed by atoms with Crippen molar-refractivity contribution in [2.45, 2.75) is 12.8 Å². The van der Waals surface area contributed by atoms with Gasteiger partial charge in [0.15, 0.2) is 0 Å². The molecule has 1 fully saturated rings. The van der Waals surface area contributed by atoms with Crippen LogP contribution in [0, 0.1) is 16.0 Å². The third kappa shape index (κ3) is 3.57. The second-order valence-electron chi connectivity index (χ2n) is 4.71. The predicted molar refractivity (Wildman–Crippen MR) is 73.7 cm³/mol. The standard InChI is InChI=1S/C13H19N3O3/c1-19-11-2-3-13(16(17)18)12(8-11)15-7-5-10-4-6-14-9-10/h2-3,8,10,14-15H,4-7,9H2,1H3. The third-order valence-corrected chi connectivity index (χ3v) is 3.43. The third-order valence-electron chi connectivity index (χ3n) is 3.43. The number of nitrogens with zero attached hydrogens (tertiary/aromatic N) is 1. The molecule has 1 heterocycles. The lowest BCUT2D eigenvalue weighted by Gasteiger charge is -2.11. The minimum absolute atomic E-state index is 0.0883. The Morgan fingerprint density at radius 1 is 1.58 bits per heavy atom. The first-order valence-corrected chi connectivity index (χ1v) is 6.47. The van der Waals surface area contributed by atoms with E-state index in [-0.39, 0.29) is 10.6 Å². The number of ether oxygens (including phenoxy) is 1. The highest BCUT2D eigenvalue weighted by Gasteiger charge is 2.16. The van der Waals surface area contributed by atoms with Gasteiger partial charge in [-0.15, -0.1) is 0 Å². The normalized spacial score (nSPS) is 18.3. The van der Waals surface area contributed by atoms with E-state index in [4.69, 9.17) is 4.74 Å². The van der Waals surface area contributed by atoms with Gasteiger partial charge in [-0.25, -0.2) is 0 Å². The van der Waals surface area contributed by atoms with Gasteiger partial charge in [-0.1, -0.05) is 0 Å². The summed E-state index contributed by atoms with van der Waals surface area (Å²) in [4.78, 5) is 10.6. The summed E-state index contributed by atoms with van der Waals surface area (Å²) in [6.45, 7) is 2.85. The van der Waals surface area contributed by atoms with Crippen LogP contribution in [-0.4, -0.2) is 31.7 Å². The molecule has 1 atom stereocenters. The maximum absolute atomic E-state index is 11.0. The molecular weight excluding hydrogens is 246 g/mol. The molecule has 6 nitrogen and oxygen atoms in total. The number of nitro benzene ring substituents is 1. The Labute approximate surface area is 112 Å². The van der Waals surface area contributed by atoms with E-state index in [0.717, 1.165) is 26.1 Å². The minimum Gasteiger partial charge on any atom is -0.497 e. The van der Waals surface area contributed by atoms with Crippen molar-refractivity contribution in [2.75, 3.05) is 32.1 Å². The Morgan fingerprint density at radius 2 is 2.42 bits per heavy atom. The molecule has 1 aromatic carbocycles. The second-order valence-corrected chi connectivity index (χ2v) is 4.71. The van der Waals surface area contributed by atoms with Crippen LogP contribution in [0.15, 0.2) is 18.2 Å². The van der Waals surface area contributed by atoms with Crippen LogP contribution in [0.4, 0.5) is 11.4 Å². The number of anilines is 1. The lowest BCUT2D eigenvalue weighted by molar-refractivity contribution is -0.384. The van der Waals surface area contributed by atoms with Gasteiger partial charge >= 0.3 is 0 Å². The number of rotatable bonds is 6. The number of methoxy groups -OCH3 is 1. The topological polar surface area (TPSA) is 76.4 Å². The Kier molecular flexibility index (Phi) is 4.57. The number of nitro groups is 1. The number of hydrogen-bond acceptors (Lipinski definition) is 5. The van der Waals surface area contributed by atoms with Crippen LogP contribution in [0.3, 0.4) is 0 Å². The number of hydrogen-bond donors (Lipinski definition) is 2. The summed E-state index contributed by atoms with van der Waals surface area (Å²) in [5, 5.41) is 17.4. The highest BCUT2D eigenvalue weighted by molar-refractivity contribution is 5.64. The molecule has 0 saturated carbocycles. The summed E-state index contributed by atoms with van der Waals surface area (Å²) in [6.07, 6.45) is 2.20. The Hall–Kier alpha value is -1.82.